The van der Waals surface area contributed by atoms with Crippen molar-refractivity contribution in [2.75, 3.05) is 50.7 Å². The van der Waals surface area contributed by atoms with Crippen molar-refractivity contribution in [2.24, 2.45) is 0 Å². The number of imide groups is 1. The first-order valence-corrected chi connectivity index (χ1v) is 17.7. The summed E-state index contributed by atoms with van der Waals surface area (Å²) < 4.78 is 55.2. The predicted octanol–water partition coefficient (Wildman–Crippen LogP) is 6.38. The molecule has 2 N–H and O–H groups in total. The van der Waals surface area contributed by atoms with E-state index in [1.807, 2.05) is 31.1 Å². The van der Waals surface area contributed by atoms with Gasteiger partial charge in [0.2, 0.25) is 11.8 Å². The highest BCUT2D eigenvalue weighted by Crippen LogP contribution is 2.42. The van der Waals surface area contributed by atoms with Crippen molar-refractivity contribution in [3.63, 3.8) is 0 Å². The number of ether oxygens (including phenoxy) is 2. The lowest BCUT2D eigenvalue weighted by atomic mass is 10.00. The van der Waals surface area contributed by atoms with Crippen LogP contribution in [-0.2, 0) is 27.0 Å². The van der Waals surface area contributed by atoms with E-state index in [1.54, 1.807) is 48.7 Å². The van der Waals surface area contributed by atoms with Gasteiger partial charge in [-0.15, -0.1) is 11.3 Å². The fraction of sp³-hybridized carbons (Fsp3) is 0.289. The smallest absolute Gasteiger partial charge is 0.417 e. The summed E-state index contributed by atoms with van der Waals surface area (Å²) in [6.45, 7) is 1.72. The van der Waals surface area contributed by atoms with E-state index < -0.39 is 23.7 Å². The van der Waals surface area contributed by atoms with Gasteiger partial charge in [-0.3, -0.25) is 19.7 Å². The van der Waals surface area contributed by atoms with Gasteiger partial charge in [-0.05, 0) is 72.1 Å². The monoisotopic (exact) mass is 744 g/mol. The van der Waals surface area contributed by atoms with Crippen LogP contribution in [0.3, 0.4) is 0 Å². The number of carbonyl (C=O) groups is 3. The largest absolute Gasteiger partial charge is 0.491 e. The third-order valence-electron chi connectivity index (χ3n) is 9.05. The topological polar surface area (TPSA) is 126 Å². The molecule has 0 spiro atoms. The molecule has 11 nitrogen and oxygen atoms in total. The molecule has 7 rings (SSSR count). The van der Waals surface area contributed by atoms with Crippen LogP contribution >= 0.6 is 11.3 Å². The molecule has 1 atom stereocenters. The van der Waals surface area contributed by atoms with Crippen molar-refractivity contribution in [1.29, 1.82) is 0 Å². The molecule has 3 aromatic carbocycles. The molecule has 0 radical (unpaired) electrons. The highest BCUT2D eigenvalue weighted by atomic mass is 32.1. The number of rotatable bonds is 12. The van der Waals surface area contributed by atoms with Crippen molar-refractivity contribution < 1.29 is 37.0 Å². The van der Waals surface area contributed by atoms with E-state index in [-0.39, 0.29) is 42.0 Å². The minimum atomic E-state index is -4.58. The van der Waals surface area contributed by atoms with Crippen LogP contribution in [0.4, 0.5) is 24.7 Å². The van der Waals surface area contributed by atoms with Gasteiger partial charge >= 0.3 is 6.18 Å². The molecule has 0 bridgehead atoms. The zero-order valence-electron chi connectivity index (χ0n) is 28.8. The van der Waals surface area contributed by atoms with Gasteiger partial charge in [0.25, 0.3) is 5.91 Å². The maximum absolute atomic E-state index is 14.3. The van der Waals surface area contributed by atoms with Crippen LogP contribution < -0.4 is 20.3 Å². The Morgan fingerprint density at radius 1 is 0.962 bits per heavy atom. The van der Waals surface area contributed by atoms with Gasteiger partial charge in [0.1, 0.15) is 29.2 Å². The molecule has 1 saturated heterocycles. The minimum Gasteiger partial charge on any atom is -0.491 e. The third kappa shape index (κ3) is 7.81. The number of anilines is 2. The van der Waals surface area contributed by atoms with Crippen LogP contribution in [0.25, 0.3) is 31.9 Å². The van der Waals surface area contributed by atoms with Crippen molar-refractivity contribution in [1.82, 2.24) is 20.2 Å². The van der Waals surface area contributed by atoms with Crippen molar-refractivity contribution in [3.05, 3.63) is 89.6 Å². The number of hydrogen-bond acceptors (Lipinski definition) is 10. The molecule has 0 saturated carbocycles. The standard InChI is InChI=1S/C38H35F3N6O5S/c1-46(2)33-11-4-23(20-43-33)22-3-7-28(29(18-22)38(39,40)41)36-44-30-9-5-25(19-32(30)53-36)42-13-14-51-15-16-52-26-6-8-27-24(17-26)21-47(37(27)50)31-10-12-34(48)45-35(31)49/h3-9,11,17-20,31,42H,10,12-16,21H2,1-2H3,(H,45,48,49). The van der Waals surface area contributed by atoms with Crippen molar-refractivity contribution in [2.45, 2.75) is 31.6 Å². The Hall–Kier alpha value is -5.54. The van der Waals surface area contributed by atoms with Gasteiger partial charge in [-0.2, -0.15) is 13.2 Å². The SMILES string of the molecule is CN(C)c1ccc(-c2ccc(-c3nc4ccc(NCCOCCOc5ccc6c(c5)CN(C5CCC(=O)NC5=O)C6=O)cc4s3)c(C(F)(F)F)c2)cn1. The van der Waals surface area contributed by atoms with E-state index in [0.29, 0.717) is 60.0 Å². The zero-order chi connectivity index (χ0) is 37.3. The number of hydrogen-bond donors (Lipinski definition) is 2. The molecule has 0 aliphatic carbocycles. The summed E-state index contributed by atoms with van der Waals surface area (Å²) in [6.07, 6.45) is -2.52. The highest BCUT2D eigenvalue weighted by molar-refractivity contribution is 7.21. The second kappa shape index (κ2) is 14.8. The number of piperidine rings is 1. The lowest BCUT2D eigenvalue weighted by Crippen LogP contribution is -2.52. The summed E-state index contributed by atoms with van der Waals surface area (Å²) in [7, 11) is 3.69. The van der Waals surface area contributed by atoms with E-state index >= 15 is 0 Å². The molecule has 2 aliphatic heterocycles. The second-order valence-corrected chi connectivity index (χ2v) is 13.9. The quantitative estimate of drug-likeness (QED) is 0.111. The molecule has 1 fully saturated rings. The summed E-state index contributed by atoms with van der Waals surface area (Å²) >= 11 is 1.20. The van der Waals surface area contributed by atoms with Crippen LogP contribution in [0.5, 0.6) is 5.75 Å². The van der Waals surface area contributed by atoms with E-state index in [4.69, 9.17) is 9.47 Å². The molecule has 1 unspecified atom stereocenters. The maximum atomic E-state index is 14.3. The number of nitrogens with one attached hydrogen (secondary N) is 2. The summed E-state index contributed by atoms with van der Waals surface area (Å²) in [5.41, 5.74) is 2.92. The molecule has 3 amide bonds. The fourth-order valence-corrected chi connectivity index (χ4v) is 7.39. The molecule has 53 heavy (non-hydrogen) atoms. The molecule has 5 aromatic rings. The van der Waals surface area contributed by atoms with E-state index in [1.165, 1.54) is 22.3 Å². The number of alkyl halides is 3. The maximum Gasteiger partial charge on any atom is 0.417 e. The lowest BCUT2D eigenvalue weighted by Gasteiger charge is -2.29. The molecule has 15 heteroatoms. The van der Waals surface area contributed by atoms with Crippen LogP contribution in [0.2, 0.25) is 0 Å². The van der Waals surface area contributed by atoms with E-state index in [9.17, 15) is 27.6 Å². The summed E-state index contributed by atoms with van der Waals surface area (Å²) in [6, 6.07) is 17.8. The van der Waals surface area contributed by atoms with Crippen molar-refractivity contribution >= 4 is 50.8 Å². The Labute approximate surface area is 306 Å². The lowest BCUT2D eigenvalue weighted by molar-refractivity contribution is -0.138. The van der Waals surface area contributed by atoms with Gasteiger partial charge in [0.05, 0.1) is 29.0 Å². The summed E-state index contributed by atoms with van der Waals surface area (Å²) in [4.78, 5) is 48.8. The zero-order valence-corrected chi connectivity index (χ0v) is 29.6. The Morgan fingerprint density at radius 2 is 1.77 bits per heavy atom. The number of amides is 3. The number of fused-ring (bicyclic) bond motifs is 2. The van der Waals surface area contributed by atoms with Crippen LogP contribution in [-0.4, -0.2) is 79.1 Å². The molecule has 2 aliphatic rings. The average Bonchev–Trinajstić information content (AvgIpc) is 3.70. The molecule has 274 valence electrons. The van der Waals surface area contributed by atoms with Gasteiger partial charge in [-0.25, -0.2) is 9.97 Å². The fourth-order valence-electron chi connectivity index (χ4n) is 6.34. The molecule has 4 heterocycles. The number of aromatic nitrogens is 2. The number of nitrogens with zero attached hydrogens (tertiary/aromatic N) is 4. The van der Waals surface area contributed by atoms with Gasteiger partial charge in [-0.1, -0.05) is 12.1 Å². The number of benzene rings is 3. The third-order valence-corrected chi connectivity index (χ3v) is 10.1. The average molecular weight is 745 g/mol. The normalized spacial score (nSPS) is 15.8. The van der Waals surface area contributed by atoms with Crippen LogP contribution in [0.15, 0.2) is 72.9 Å². The Kier molecular flexibility index (Phi) is 10.0. The van der Waals surface area contributed by atoms with Crippen molar-refractivity contribution in [3.8, 4) is 27.4 Å². The molecular weight excluding hydrogens is 710 g/mol. The second-order valence-electron chi connectivity index (χ2n) is 12.9. The van der Waals surface area contributed by atoms with Gasteiger partial charge in [0, 0.05) is 62.2 Å². The first kappa shape index (κ1) is 35.8. The number of halogens is 3. The first-order valence-electron chi connectivity index (χ1n) is 16.9. The molecular formula is C38H35F3N6O5S. The minimum absolute atomic E-state index is 0.0213. The van der Waals surface area contributed by atoms with Crippen LogP contribution in [0, 0.1) is 0 Å². The predicted molar refractivity (Wildman–Crippen MR) is 195 cm³/mol. The summed E-state index contributed by atoms with van der Waals surface area (Å²) in [5.74, 6) is 0.258. The Bertz CT molecular complexity index is 2190. The van der Waals surface area contributed by atoms with E-state index in [0.717, 1.165) is 22.0 Å². The first-order chi connectivity index (χ1) is 25.4. The molecule has 2 aromatic heterocycles. The Morgan fingerprint density at radius 3 is 2.53 bits per heavy atom. The van der Waals surface area contributed by atoms with Gasteiger partial charge < -0.3 is 24.6 Å². The number of pyridine rings is 1. The number of thiazole rings is 1. The Balaban J connectivity index is 0.905. The number of carbonyl (C=O) groups excluding carboxylic acids is 3. The summed E-state index contributed by atoms with van der Waals surface area (Å²) in [5, 5.41) is 5.86. The van der Waals surface area contributed by atoms with Crippen LogP contribution in [0.1, 0.15) is 34.3 Å². The van der Waals surface area contributed by atoms with E-state index in [2.05, 4.69) is 20.6 Å². The van der Waals surface area contributed by atoms with Gasteiger partial charge in [0.15, 0.2) is 0 Å². The highest BCUT2D eigenvalue weighted by Gasteiger charge is 2.39.